The zero-order valence-corrected chi connectivity index (χ0v) is 20.5. The molecule has 1 aliphatic carbocycles. The van der Waals surface area contributed by atoms with Crippen molar-refractivity contribution in [3.8, 4) is 11.1 Å². The molecule has 2 aliphatic rings. The van der Waals surface area contributed by atoms with Crippen molar-refractivity contribution in [2.45, 2.75) is 42.7 Å². The summed E-state index contributed by atoms with van der Waals surface area (Å²) in [5.74, 6) is 0.888. The van der Waals surface area contributed by atoms with Crippen LogP contribution in [-0.4, -0.2) is 73.2 Å². The Kier molecular flexibility index (Phi) is 6.83. The summed E-state index contributed by atoms with van der Waals surface area (Å²) in [6, 6.07) is 7.09. The number of ether oxygens (including phenoxy) is 2. The van der Waals surface area contributed by atoms with Crippen LogP contribution in [0.1, 0.15) is 25.7 Å². The van der Waals surface area contributed by atoms with Gasteiger partial charge in [-0.15, -0.1) is 0 Å². The summed E-state index contributed by atoms with van der Waals surface area (Å²) >= 11 is 0. The number of nitrogens with two attached hydrogens (primary N) is 1. The molecule has 2 fully saturated rings. The Morgan fingerprint density at radius 1 is 1.06 bits per heavy atom. The SMILES string of the molecule is CO[C@H]1CC[C@H](Nc2ncc3c(N)ncc(-c4ccc(S(=O)(=O)N5CCOCC5)cc4)c3n2)CC1. The number of benzene rings is 1. The standard InChI is InChI=1S/C24H30N6O4S/c1-33-18-6-4-17(5-7-18)28-24-27-15-21-22(29-24)20(14-26-23(21)25)16-2-8-19(9-3-16)35(31,32)30-10-12-34-13-11-30/h2-3,8-9,14-15,17-18H,4-7,10-13H2,1H3,(H2,25,26)(H,27,28,29)/t17-,18-. The Bertz CT molecular complexity index is 1290. The lowest BCUT2D eigenvalue weighted by molar-refractivity contribution is 0.0681. The molecular weight excluding hydrogens is 468 g/mol. The molecule has 0 unspecified atom stereocenters. The molecule has 0 bridgehead atoms. The van der Waals surface area contributed by atoms with Crippen molar-refractivity contribution in [2.75, 3.05) is 44.5 Å². The Balaban J connectivity index is 1.42. The first-order valence-corrected chi connectivity index (χ1v) is 13.3. The summed E-state index contributed by atoms with van der Waals surface area (Å²) < 4.78 is 38.1. The van der Waals surface area contributed by atoms with Crippen molar-refractivity contribution in [1.29, 1.82) is 0 Å². The fourth-order valence-electron chi connectivity index (χ4n) is 4.69. The number of morpholine rings is 1. The van der Waals surface area contributed by atoms with Crippen LogP contribution in [0.2, 0.25) is 0 Å². The highest BCUT2D eigenvalue weighted by Gasteiger charge is 2.26. The fourth-order valence-corrected chi connectivity index (χ4v) is 6.10. The predicted molar refractivity (Wildman–Crippen MR) is 133 cm³/mol. The van der Waals surface area contributed by atoms with Crippen LogP contribution in [0.3, 0.4) is 0 Å². The zero-order chi connectivity index (χ0) is 24.4. The minimum atomic E-state index is -3.57. The number of nitrogen functional groups attached to an aromatic ring is 1. The normalized spacial score (nSPS) is 21.7. The largest absolute Gasteiger partial charge is 0.383 e. The molecular formula is C24H30N6O4S. The molecule has 0 spiro atoms. The van der Waals surface area contributed by atoms with Crippen LogP contribution < -0.4 is 11.1 Å². The molecule has 1 aromatic carbocycles. The second-order valence-corrected chi connectivity index (χ2v) is 10.8. The number of aromatic nitrogens is 3. The molecule has 1 aliphatic heterocycles. The molecule has 35 heavy (non-hydrogen) atoms. The first-order chi connectivity index (χ1) is 17.0. The number of fused-ring (bicyclic) bond motifs is 1. The van der Waals surface area contributed by atoms with Gasteiger partial charge in [-0.05, 0) is 43.4 Å². The molecule has 11 heteroatoms. The van der Waals surface area contributed by atoms with Gasteiger partial charge in [-0.1, -0.05) is 12.1 Å². The molecule has 2 aromatic heterocycles. The number of hydrogen-bond acceptors (Lipinski definition) is 9. The second kappa shape index (κ2) is 10.0. The number of rotatable bonds is 6. The molecule has 0 atom stereocenters. The highest BCUT2D eigenvalue weighted by atomic mass is 32.2. The topological polar surface area (TPSA) is 133 Å². The summed E-state index contributed by atoms with van der Waals surface area (Å²) in [5.41, 5.74) is 8.34. The van der Waals surface area contributed by atoms with E-state index in [9.17, 15) is 8.42 Å². The van der Waals surface area contributed by atoms with Gasteiger partial charge in [0.2, 0.25) is 16.0 Å². The van der Waals surface area contributed by atoms with E-state index in [0.717, 1.165) is 36.8 Å². The van der Waals surface area contributed by atoms with E-state index in [1.807, 2.05) is 0 Å². The van der Waals surface area contributed by atoms with Crippen LogP contribution in [0.5, 0.6) is 0 Å². The third kappa shape index (κ3) is 4.94. The lowest BCUT2D eigenvalue weighted by atomic mass is 9.93. The number of anilines is 2. The predicted octanol–water partition coefficient (Wildman–Crippen LogP) is 2.66. The Morgan fingerprint density at radius 2 is 1.77 bits per heavy atom. The number of methoxy groups -OCH3 is 1. The first kappa shape index (κ1) is 23.9. The van der Waals surface area contributed by atoms with Crippen molar-refractivity contribution in [2.24, 2.45) is 0 Å². The maximum absolute atomic E-state index is 13.0. The van der Waals surface area contributed by atoms with Gasteiger partial charge in [-0.2, -0.15) is 4.31 Å². The third-order valence-electron chi connectivity index (χ3n) is 6.77. The first-order valence-electron chi connectivity index (χ1n) is 11.8. The molecule has 5 rings (SSSR count). The minimum Gasteiger partial charge on any atom is -0.383 e. The number of hydrogen-bond donors (Lipinski definition) is 2. The monoisotopic (exact) mass is 498 g/mol. The Hall–Kier alpha value is -2.86. The van der Waals surface area contributed by atoms with Gasteiger partial charge in [-0.25, -0.2) is 23.4 Å². The van der Waals surface area contributed by atoms with E-state index in [1.54, 1.807) is 43.8 Å². The van der Waals surface area contributed by atoms with Crippen LogP contribution in [0.15, 0.2) is 41.6 Å². The van der Waals surface area contributed by atoms with Crippen molar-refractivity contribution in [3.05, 3.63) is 36.7 Å². The van der Waals surface area contributed by atoms with Crippen LogP contribution in [-0.2, 0) is 19.5 Å². The van der Waals surface area contributed by atoms with E-state index in [-0.39, 0.29) is 10.9 Å². The molecule has 1 saturated carbocycles. The number of nitrogens with one attached hydrogen (secondary N) is 1. The summed E-state index contributed by atoms with van der Waals surface area (Å²) in [6.07, 6.45) is 7.66. The van der Waals surface area contributed by atoms with Crippen LogP contribution in [0.4, 0.5) is 11.8 Å². The van der Waals surface area contributed by atoms with Crippen molar-refractivity contribution < 1.29 is 17.9 Å². The average Bonchev–Trinajstić information content (AvgIpc) is 2.90. The average molecular weight is 499 g/mol. The quantitative estimate of drug-likeness (QED) is 0.526. The smallest absolute Gasteiger partial charge is 0.243 e. The number of sulfonamides is 1. The minimum absolute atomic E-state index is 0.250. The van der Waals surface area contributed by atoms with Crippen LogP contribution in [0.25, 0.3) is 22.0 Å². The lowest BCUT2D eigenvalue weighted by Crippen LogP contribution is -2.40. The third-order valence-corrected chi connectivity index (χ3v) is 8.68. The van der Waals surface area contributed by atoms with E-state index < -0.39 is 10.0 Å². The van der Waals surface area contributed by atoms with Crippen molar-refractivity contribution in [3.63, 3.8) is 0 Å². The molecule has 3 N–H and O–H groups in total. The summed E-state index contributed by atoms with van der Waals surface area (Å²) in [5, 5.41) is 4.10. The van der Waals surface area contributed by atoms with Crippen molar-refractivity contribution in [1.82, 2.24) is 19.3 Å². The summed E-state index contributed by atoms with van der Waals surface area (Å²) in [7, 11) is -1.81. The van der Waals surface area contributed by atoms with Gasteiger partial charge in [0.15, 0.2) is 0 Å². The molecule has 186 valence electrons. The van der Waals surface area contributed by atoms with Gasteiger partial charge in [0.25, 0.3) is 0 Å². The summed E-state index contributed by atoms with van der Waals surface area (Å²) in [4.78, 5) is 13.8. The van der Waals surface area contributed by atoms with Gasteiger partial charge >= 0.3 is 0 Å². The van der Waals surface area contributed by atoms with E-state index >= 15 is 0 Å². The van der Waals surface area contributed by atoms with Gasteiger partial charge < -0.3 is 20.5 Å². The van der Waals surface area contributed by atoms with Gasteiger partial charge in [0, 0.05) is 44.2 Å². The maximum atomic E-state index is 13.0. The Labute approximate surface area is 204 Å². The molecule has 3 aromatic rings. The summed E-state index contributed by atoms with van der Waals surface area (Å²) in [6.45, 7) is 1.53. The van der Waals surface area contributed by atoms with Crippen molar-refractivity contribution >= 4 is 32.7 Å². The molecule has 10 nitrogen and oxygen atoms in total. The number of pyridine rings is 1. The van der Waals surface area contributed by atoms with Gasteiger partial charge in [-0.3, -0.25) is 0 Å². The Morgan fingerprint density at radius 3 is 2.46 bits per heavy atom. The maximum Gasteiger partial charge on any atom is 0.243 e. The van der Waals surface area contributed by atoms with Gasteiger partial charge in [0.05, 0.1) is 35.1 Å². The van der Waals surface area contributed by atoms with Crippen LogP contribution >= 0.6 is 0 Å². The van der Waals surface area contributed by atoms with Crippen LogP contribution in [0, 0.1) is 0 Å². The highest BCUT2D eigenvalue weighted by molar-refractivity contribution is 7.89. The zero-order valence-electron chi connectivity index (χ0n) is 19.7. The number of nitrogens with zero attached hydrogens (tertiary/aromatic N) is 4. The van der Waals surface area contributed by atoms with E-state index in [0.29, 0.717) is 55.1 Å². The fraction of sp³-hybridized carbons (Fsp3) is 0.458. The van der Waals surface area contributed by atoms with E-state index in [1.165, 1.54) is 4.31 Å². The molecule has 1 saturated heterocycles. The molecule has 0 amide bonds. The van der Waals surface area contributed by atoms with E-state index in [4.69, 9.17) is 20.2 Å². The highest BCUT2D eigenvalue weighted by Crippen LogP contribution is 2.31. The van der Waals surface area contributed by atoms with Gasteiger partial charge in [0.1, 0.15) is 5.82 Å². The van der Waals surface area contributed by atoms with E-state index in [2.05, 4.69) is 15.3 Å². The lowest BCUT2D eigenvalue weighted by Gasteiger charge is -2.28. The molecule has 3 heterocycles. The second-order valence-electron chi connectivity index (χ2n) is 8.91. The molecule has 0 radical (unpaired) electrons.